The summed E-state index contributed by atoms with van der Waals surface area (Å²) in [4.78, 5) is 21.6. The van der Waals surface area contributed by atoms with E-state index in [-0.39, 0.29) is 5.56 Å². The summed E-state index contributed by atoms with van der Waals surface area (Å²) in [6, 6.07) is 19.5. The Labute approximate surface area is 193 Å². The van der Waals surface area contributed by atoms with Gasteiger partial charge >= 0.3 is 0 Å². The van der Waals surface area contributed by atoms with Gasteiger partial charge in [-0.25, -0.2) is 9.67 Å². The number of hydrogen-bond donors (Lipinski definition) is 1. The number of nitrogens with zero attached hydrogens (tertiary/aromatic N) is 7. The smallest absolute Gasteiger partial charge is 0.262 e. The van der Waals surface area contributed by atoms with Crippen LogP contribution >= 0.6 is 11.8 Å². The fraction of sp³-hybridized carbons (Fsp3) is 0.217. The molecule has 2 aromatic carbocycles. The summed E-state index contributed by atoms with van der Waals surface area (Å²) < 4.78 is 1.70. The van der Waals surface area contributed by atoms with Crippen molar-refractivity contribution in [2.24, 2.45) is 0 Å². The lowest BCUT2D eigenvalue weighted by Crippen LogP contribution is -2.10. The highest BCUT2D eigenvalue weighted by atomic mass is 32.2. The summed E-state index contributed by atoms with van der Waals surface area (Å²) in [5.74, 6) is 1.50. The van der Waals surface area contributed by atoms with Crippen LogP contribution in [0.5, 0.6) is 0 Å². The number of fused-ring (bicyclic) bond motifs is 1. The van der Waals surface area contributed by atoms with Crippen molar-refractivity contribution >= 4 is 22.8 Å². The normalized spacial score (nSPS) is 11.3. The highest BCUT2D eigenvalue weighted by Gasteiger charge is 2.11. The van der Waals surface area contributed by atoms with Crippen molar-refractivity contribution in [3.8, 4) is 17.1 Å². The molecule has 0 unspecified atom stereocenters. The molecule has 0 saturated heterocycles. The van der Waals surface area contributed by atoms with E-state index in [9.17, 15) is 4.79 Å². The highest BCUT2D eigenvalue weighted by molar-refractivity contribution is 7.99. The van der Waals surface area contributed by atoms with Crippen molar-refractivity contribution in [3.05, 3.63) is 77.2 Å². The van der Waals surface area contributed by atoms with Gasteiger partial charge in [0.25, 0.3) is 5.56 Å². The second-order valence-electron chi connectivity index (χ2n) is 7.48. The molecular weight excluding hydrogens is 436 g/mol. The van der Waals surface area contributed by atoms with E-state index in [0.29, 0.717) is 22.0 Å². The molecule has 5 rings (SSSR count). The van der Waals surface area contributed by atoms with E-state index >= 15 is 0 Å². The first kappa shape index (κ1) is 21.1. The molecule has 0 radical (unpaired) electrons. The zero-order valence-corrected chi connectivity index (χ0v) is 18.6. The molecule has 166 valence electrons. The van der Waals surface area contributed by atoms with Crippen LogP contribution in [0.15, 0.2) is 76.8 Å². The molecule has 5 aromatic rings. The number of aromatic amines is 1. The Kier molecular flexibility index (Phi) is 6.25. The van der Waals surface area contributed by atoms with Crippen LogP contribution in [0.1, 0.15) is 19.3 Å². The van der Waals surface area contributed by atoms with Crippen LogP contribution in [0.3, 0.4) is 0 Å². The Morgan fingerprint density at radius 1 is 0.939 bits per heavy atom. The zero-order chi connectivity index (χ0) is 22.5. The maximum Gasteiger partial charge on any atom is 0.262 e. The average Bonchev–Trinajstić information content (AvgIpc) is 3.50. The predicted molar refractivity (Wildman–Crippen MR) is 127 cm³/mol. The number of benzene rings is 2. The Balaban J connectivity index is 1.14. The van der Waals surface area contributed by atoms with Crippen molar-refractivity contribution < 1.29 is 0 Å². The molecule has 0 spiro atoms. The molecule has 0 aliphatic rings. The third-order valence-corrected chi connectivity index (χ3v) is 6.10. The van der Waals surface area contributed by atoms with Crippen LogP contribution in [0.2, 0.25) is 0 Å². The lowest BCUT2D eigenvalue weighted by Gasteiger charge is -2.04. The third kappa shape index (κ3) is 4.85. The number of aromatic nitrogens is 8. The Hall–Kier alpha value is -3.79. The van der Waals surface area contributed by atoms with Crippen LogP contribution in [0.25, 0.3) is 28.1 Å². The van der Waals surface area contributed by atoms with Crippen LogP contribution < -0.4 is 5.56 Å². The number of H-pyrrole nitrogens is 1. The number of aryl methyl sites for hydroxylation is 1. The van der Waals surface area contributed by atoms with Crippen LogP contribution in [-0.4, -0.2) is 45.7 Å². The fourth-order valence-electron chi connectivity index (χ4n) is 3.47. The minimum absolute atomic E-state index is 0.170. The van der Waals surface area contributed by atoms with Gasteiger partial charge in [-0.3, -0.25) is 4.79 Å². The molecular formula is C23H22N8OS. The first-order valence-corrected chi connectivity index (χ1v) is 11.8. The summed E-state index contributed by atoms with van der Waals surface area (Å²) in [5, 5.41) is 18.1. The number of nitrogens with one attached hydrogen (secondary N) is 1. The molecule has 0 saturated carbocycles. The Morgan fingerprint density at radius 2 is 1.73 bits per heavy atom. The summed E-state index contributed by atoms with van der Waals surface area (Å²) in [7, 11) is 0. The number of tetrazole rings is 1. The standard InChI is InChI=1S/C23H22N8OS/c32-22-19-16-24-31(18-12-6-2-7-13-18)21(19)25-23(26-22)33-15-9-3-8-14-30-28-20(27-29-30)17-10-4-1-5-11-17/h1-2,4-7,10-13,16H,3,8-9,14-15H2,(H,25,26,32). The van der Waals surface area contributed by atoms with E-state index in [0.717, 1.165) is 42.8 Å². The van der Waals surface area contributed by atoms with Crippen molar-refractivity contribution in [2.75, 3.05) is 5.75 Å². The number of rotatable bonds is 9. The minimum atomic E-state index is -0.170. The summed E-state index contributed by atoms with van der Waals surface area (Å²) in [5.41, 5.74) is 2.24. The van der Waals surface area contributed by atoms with Gasteiger partial charge in [-0.15, -0.1) is 10.2 Å². The van der Waals surface area contributed by atoms with Gasteiger partial charge in [0, 0.05) is 11.3 Å². The topological polar surface area (TPSA) is 107 Å². The van der Waals surface area contributed by atoms with Gasteiger partial charge in [0.1, 0.15) is 5.39 Å². The summed E-state index contributed by atoms with van der Waals surface area (Å²) in [6.07, 6.45) is 4.52. The van der Waals surface area contributed by atoms with Crippen molar-refractivity contribution in [1.82, 2.24) is 40.0 Å². The van der Waals surface area contributed by atoms with Crippen LogP contribution in [-0.2, 0) is 6.54 Å². The van der Waals surface area contributed by atoms with Gasteiger partial charge in [-0.2, -0.15) is 9.90 Å². The van der Waals surface area contributed by atoms with Crippen molar-refractivity contribution in [3.63, 3.8) is 0 Å². The molecule has 0 amide bonds. The van der Waals surface area contributed by atoms with Gasteiger partial charge in [-0.05, 0) is 30.2 Å². The van der Waals surface area contributed by atoms with Gasteiger partial charge in [0.15, 0.2) is 10.8 Å². The molecule has 0 aliphatic carbocycles. The Bertz CT molecular complexity index is 1390. The van der Waals surface area contributed by atoms with E-state index in [1.807, 2.05) is 60.7 Å². The number of para-hydroxylation sites is 1. The monoisotopic (exact) mass is 458 g/mol. The maximum atomic E-state index is 12.5. The second-order valence-corrected chi connectivity index (χ2v) is 8.57. The molecule has 3 heterocycles. The lowest BCUT2D eigenvalue weighted by molar-refractivity contribution is 0.487. The van der Waals surface area contributed by atoms with Crippen molar-refractivity contribution in [2.45, 2.75) is 31.0 Å². The van der Waals surface area contributed by atoms with Gasteiger partial charge in [0.05, 0.1) is 18.4 Å². The molecule has 1 N–H and O–H groups in total. The summed E-state index contributed by atoms with van der Waals surface area (Å²) in [6.45, 7) is 0.724. The molecule has 0 atom stereocenters. The Morgan fingerprint density at radius 3 is 2.55 bits per heavy atom. The van der Waals surface area contributed by atoms with E-state index < -0.39 is 0 Å². The van der Waals surface area contributed by atoms with E-state index in [1.165, 1.54) is 0 Å². The zero-order valence-electron chi connectivity index (χ0n) is 17.8. The van der Waals surface area contributed by atoms with E-state index in [4.69, 9.17) is 0 Å². The number of hydrogen-bond acceptors (Lipinski definition) is 7. The van der Waals surface area contributed by atoms with E-state index in [1.54, 1.807) is 27.4 Å². The molecule has 9 nitrogen and oxygen atoms in total. The summed E-state index contributed by atoms with van der Waals surface area (Å²) >= 11 is 1.55. The molecule has 10 heteroatoms. The quantitative estimate of drug-likeness (QED) is 0.204. The van der Waals surface area contributed by atoms with Gasteiger partial charge in [-0.1, -0.05) is 66.7 Å². The highest BCUT2D eigenvalue weighted by Crippen LogP contribution is 2.19. The van der Waals surface area contributed by atoms with Crippen molar-refractivity contribution in [1.29, 1.82) is 0 Å². The minimum Gasteiger partial charge on any atom is -0.301 e. The number of unbranched alkanes of at least 4 members (excludes halogenated alkanes) is 2. The molecule has 0 fully saturated rings. The van der Waals surface area contributed by atoms with Gasteiger partial charge in [0.2, 0.25) is 5.82 Å². The largest absolute Gasteiger partial charge is 0.301 e. The van der Waals surface area contributed by atoms with E-state index in [2.05, 4.69) is 30.5 Å². The molecule has 0 aliphatic heterocycles. The molecule has 3 aromatic heterocycles. The molecule has 0 bridgehead atoms. The first-order chi connectivity index (χ1) is 16.3. The second kappa shape index (κ2) is 9.78. The molecule has 33 heavy (non-hydrogen) atoms. The third-order valence-electron chi connectivity index (χ3n) is 5.14. The first-order valence-electron chi connectivity index (χ1n) is 10.8. The predicted octanol–water partition coefficient (Wildman–Crippen LogP) is 3.72. The van der Waals surface area contributed by atoms with Crippen LogP contribution in [0, 0.1) is 0 Å². The van der Waals surface area contributed by atoms with Gasteiger partial charge < -0.3 is 4.98 Å². The fourth-order valence-corrected chi connectivity index (χ4v) is 4.32. The SMILES string of the molecule is O=c1[nH]c(SCCCCCn2nnc(-c3ccccc3)n2)nc2c1cnn2-c1ccccc1. The average molecular weight is 459 g/mol. The lowest BCUT2D eigenvalue weighted by atomic mass is 10.2. The maximum absolute atomic E-state index is 12.5. The number of thioether (sulfide) groups is 1. The van der Waals surface area contributed by atoms with Crippen LogP contribution in [0.4, 0.5) is 0 Å².